The van der Waals surface area contributed by atoms with Gasteiger partial charge in [-0.15, -0.1) is 0 Å². The molecule has 0 saturated heterocycles. The highest BCUT2D eigenvalue weighted by molar-refractivity contribution is 5.36. The van der Waals surface area contributed by atoms with Crippen molar-refractivity contribution in [3.8, 4) is 0 Å². The first-order chi connectivity index (χ1) is 9.45. The Kier molecular flexibility index (Phi) is 4.56. The Morgan fingerprint density at radius 1 is 1.05 bits per heavy atom. The molecule has 0 aliphatic heterocycles. The smallest absolute Gasteiger partial charge is 0.123 e. The van der Waals surface area contributed by atoms with Gasteiger partial charge in [-0.1, -0.05) is 44.2 Å². The van der Waals surface area contributed by atoms with Crippen LogP contribution in [0.25, 0.3) is 0 Å². The van der Waals surface area contributed by atoms with Gasteiger partial charge < -0.3 is 5.73 Å². The number of halogens is 1. The Morgan fingerprint density at radius 2 is 1.80 bits per heavy atom. The Morgan fingerprint density at radius 3 is 2.45 bits per heavy atom. The predicted octanol–water partition coefficient (Wildman–Crippen LogP) is 4.38. The van der Waals surface area contributed by atoms with Gasteiger partial charge in [-0.05, 0) is 53.6 Å². The second kappa shape index (κ2) is 6.19. The number of benzene rings is 2. The molecule has 0 saturated carbocycles. The third kappa shape index (κ3) is 3.67. The molecule has 0 spiro atoms. The lowest BCUT2D eigenvalue weighted by Crippen LogP contribution is -2.13. The number of rotatable bonds is 4. The van der Waals surface area contributed by atoms with Gasteiger partial charge in [-0.2, -0.15) is 0 Å². The van der Waals surface area contributed by atoms with Gasteiger partial charge in [0.25, 0.3) is 0 Å². The summed E-state index contributed by atoms with van der Waals surface area (Å²) in [6, 6.07) is 13.0. The van der Waals surface area contributed by atoms with E-state index in [1.54, 1.807) is 0 Å². The summed E-state index contributed by atoms with van der Waals surface area (Å²) in [6.07, 6.45) is 1.03. The minimum absolute atomic E-state index is 0.228. The van der Waals surface area contributed by atoms with Crippen molar-refractivity contribution >= 4 is 0 Å². The second-order valence-electron chi connectivity index (χ2n) is 5.88. The van der Waals surface area contributed by atoms with Gasteiger partial charge in [0.2, 0.25) is 0 Å². The molecule has 2 heteroatoms. The van der Waals surface area contributed by atoms with E-state index in [9.17, 15) is 4.39 Å². The average Bonchev–Trinajstić information content (AvgIpc) is 2.36. The molecule has 0 fully saturated rings. The number of nitrogens with two attached hydrogens (primary N) is 1. The molecule has 2 N–H and O–H groups in total. The highest BCUT2D eigenvalue weighted by Gasteiger charge is 2.11. The maximum atomic E-state index is 13.5. The van der Waals surface area contributed by atoms with E-state index in [1.165, 1.54) is 17.7 Å². The molecule has 1 atom stereocenters. The van der Waals surface area contributed by atoms with Crippen LogP contribution >= 0.6 is 0 Å². The third-order valence-electron chi connectivity index (χ3n) is 3.38. The zero-order chi connectivity index (χ0) is 14.7. The Hall–Kier alpha value is -1.67. The largest absolute Gasteiger partial charge is 0.320 e. The summed E-state index contributed by atoms with van der Waals surface area (Å²) in [4.78, 5) is 0. The van der Waals surface area contributed by atoms with E-state index in [0.717, 1.165) is 23.1 Å². The van der Waals surface area contributed by atoms with Crippen molar-refractivity contribution < 1.29 is 4.39 Å². The fourth-order valence-electron chi connectivity index (χ4n) is 2.52. The van der Waals surface area contributed by atoms with Crippen LogP contribution in [0.5, 0.6) is 0 Å². The second-order valence-corrected chi connectivity index (χ2v) is 5.88. The molecule has 0 aromatic heterocycles. The molecule has 0 amide bonds. The zero-order valence-electron chi connectivity index (χ0n) is 12.4. The SMILES string of the molecule is Cc1cc(F)cc(C(N)c2cccc(CC(C)C)c2)c1. The van der Waals surface area contributed by atoms with Crippen LogP contribution in [0.15, 0.2) is 42.5 Å². The minimum Gasteiger partial charge on any atom is -0.320 e. The molecular formula is C18H22FN. The van der Waals surface area contributed by atoms with Crippen molar-refractivity contribution in [1.82, 2.24) is 0 Å². The molecule has 1 unspecified atom stereocenters. The lowest BCUT2D eigenvalue weighted by atomic mass is 9.94. The summed E-state index contributed by atoms with van der Waals surface area (Å²) in [6.45, 7) is 6.28. The van der Waals surface area contributed by atoms with Crippen LogP contribution in [-0.2, 0) is 6.42 Å². The van der Waals surface area contributed by atoms with Crippen LogP contribution in [0, 0.1) is 18.7 Å². The Balaban J connectivity index is 2.30. The van der Waals surface area contributed by atoms with Gasteiger partial charge in [0.15, 0.2) is 0 Å². The van der Waals surface area contributed by atoms with Gasteiger partial charge in [0, 0.05) is 0 Å². The van der Waals surface area contributed by atoms with Crippen LogP contribution in [-0.4, -0.2) is 0 Å². The molecule has 0 heterocycles. The van der Waals surface area contributed by atoms with E-state index in [1.807, 2.05) is 25.1 Å². The monoisotopic (exact) mass is 271 g/mol. The van der Waals surface area contributed by atoms with Crippen LogP contribution in [0.3, 0.4) is 0 Å². The lowest BCUT2D eigenvalue weighted by molar-refractivity contribution is 0.622. The first kappa shape index (κ1) is 14.7. The van der Waals surface area contributed by atoms with Gasteiger partial charge in [-0.25, -0.2) is 4.39 Å². The Labute approximate surface area is 120 Å². The topological polar surface area (TPSA) is 26.0 Å². The molecule has 0 aliphatic carbocycles. The lowest BCUT2D eigenvalue weighted by Gasteiger charge is -2.15. The fraction of sp³-hybridized carbons (Fsp3) is 0.333. The van der Waals surface area contributed by atoms with E-state index in [-0.39, 0.29) is 11.9 Å². The molecular weight excluding hydrogens is 249 g/mol. The molecule has 106 valence electrons. The van der Waals surface area contributed by atoms with Crippen molar-refractivity contribution in [2.75, 3.05) is 0 Å². The van der Waals surface area contributed by atoms with E-state index in [2.05, 4.69) is 26.0 Å². The summed E-state index contributed by atoms with van der Waals surface area (Å²) in [5.74, 6) is 0.381. The summed E-state index contributed by atoms with van der Waals surface area (Å²) in [5, 5.41) is 0. The molecule has 2 aromatic carbocycles. The van der Waals surface area contributed by atoms with Crippen LogP contribution in [0.2, 0.25) is 0 Å². The molecule has 1 nitrogen and oxygen atoms in total. The van der Waals surface area contributed by atoms with Crippen LogP contribution in [0.4, 0.5) is 4.39 Å². The highest BCUT2D eigenvalue weighted by atomic mass is 19.1. The molecule has 2 aromatic rings. The van der Waals surface area contributed by atoms with Gasteiger partial charge >= 0.3 is 0 Å². The number of hydrogen-bond donors (Lipinski definition) is 1. The van der Waals surface area contributed by atoms with Crippen molar-refractivity contribution in [2.45, 2.75) is 33.2 Å². The average molecular weight is 271 g/mol. The molecule has 0 radical (unpaired) electrons. The van der Waals surface area contributed by atoms with Gasteiger partial charge in [-0.3, -0.25) is 0 Å². The molecule has 0 aliphatic rings. The Bertz CT molecular complexity index is 569. The molecule has 0 bridgehead atoms. The summed E-state index contributed by atoms with van der Waals surface area (Å²) < 4.78 is 13.5. The van der Waals surface area contributed by atoms with Gasteiger partial charge in [0.05, 0.1) is 6.04 Å². The summed E-state index contributed by atoms with van der Waals surface area (Å²) in [7, 11) is 0. The first-order valence-corrected chi connectivity index (χ1v) is 7.07. The zero-order valence-corrected chi connectivity index (χ0v) is 12.4. The number of hydrogen-bond acceptors (Lipinski definition) is 1. The van der Waals surface area contributed by atoms with E-state index < -0.39 is 0 Å². The standard InChI is InChI=1S/C18H22FN/c1-12(2)7-14-5-4-6-15(10-14)18(20)16-8-13(3)9-17(19)11-16/h4-6,8-12,18H,7,20H2,1-3H3. The van der Waals surface area contributed by atoms with Crippen LogP contribution in [0.1, 0.15) is 42.1 Å². The minimum atomic E-state index is -0.281. The summed E-state index contributed by atoms with van der Waals surface area (Å²) in [5.41, 5.74) is 10.3. The van der Waals surface area contributed by atoms with E-state index in [0.29, 0.717) is 5.92 Å². The van der Waals surface area contributed by atoms with Crippen molar-refractivity contribution in [3.05, 3.63) is 70.5 Å². The van der Waals surface area contributed by atoms with Crippen molar-refractivity contribution in [3.63, 3.8) is 0 Å². The number of aryl methyl sites for hydroxylation is 1. The van der Waals surface area contributed by atoms with E-state index >= 15 is 0 Å². The summed E-state index contributed by atoms with van der Waals surface area (Å²) >= 11 is 0. The molecule has 2 rings (SSSR count). The normalized spacial score (nSPS) is 12.7. The van der Waals surface area contributed by atoms with Gasteiger partial charge in [0.1, 0.15) is 5.82 Å². The molecule has 20 heavy (non-hydrogen) atoms. The predicted molar refractivity (Wildman–Crippen MR) is 82.2 cm³/mol. The van der Waals surface area contributed by atoms with Crippen molar-refractivity contribution in [2.24, 2.45) is 11.7 Å². The third-order valence-corrected chi connectivity index (χ3v) is 3.38. The quantitative estimate of drug-likeness (QED) is 0.877. The fourth-order valence-corrected chi connectivity index (χ4v) is 2.52. The highest BCUT2D eigenvalue weighted by Crippen LogP contribution is 2.23. The maximum Gasteiger partial charge on any atom is 0.123 e. The first-order valence-electron chi connectivity index (χ1n) is 7.07. The maximum absolute atomic E-state index is 13.5. The van der Waals surface area contributed by atoms with Crippen molar-refractivity contribution in [1.29, 1.82) is 0 Å². The van der Waals surface area contributed by atoms with E-state index in [4.69, 9.17) is 5.73 Å². The van der Waals surface area contributed by atoms with Crippen LogP contribution < -0.4 is 5.73 Å².